The minimum absolute atomic E-state index is 0.0865. The summed E-state index contributed by atoms with van der Waals surface area (Å²) in [4.78, 5) is 38.8. The summed E-state index contributed by atoms with van der Waals surface area (Å²) < 4.78 is 41.8. The highest BCUT2D eigenvalue weighted by atomic mass is 19.1. The maximum atomic E-state index is 14.4. The molecule has 2 aromatic rings. The molecule has 0 saturated carbocycles. The molecule has 0 spiro atoms. The van der Waals surface area contributed by atoms with Crippen molar-refractivity contribution in [3.05, 3.63) is 53.1 Å². The second-order valence-electron chi connectivity index (χ2n) is 9.16. The summed E-state index contributed by atoms with van der Waals surface area (Å²) in [6.07, 6.45) is 3.17. The molecule has 1 aromatic heterocycles. The molecule has 192 valence electrons. The molecule has 0 unspecified atom stereocenters. The van der Waals surface area contributed by atoms with Gasteiger partial charge in [0, 0.05) is 70.3 Å². The van der Waals surface area contributed by atoms with E-state index < -0.39 is 35.4 Å². The van der Waals surface area contributed by atoms with Crippen LogP contribution in [0, 0.1) is 34.7 Å². The van der Waals surface area contributed by atoms with Crippen molar-refractivity contribution in [2.24, 2.45) is 11.0 Å². The van der Waals surface area contributed by atoms with Gasteiger partial charge in [0.05, 0.1) is 18.3 Å². The lowest BCUT2D eigenvalue weighted by Gasteiger charge is -2.38. The molecule has 4 heterocycles. The van der Waals surface area contributed by atoms with Crippen LogP contribution in [0.5, 0.6) is 0 Å². The zero-order chi connectivity index (χ0) is 26.1. The number of halogens is 3. The Morgan fingerprint density at radius 2 is 1.73 bits per heavy atom. The third-order valence-corrected chi connectivity index (χ3v) is 6.69. The number of rotatable bonds is 4. The number of carbonyl (C=O) groups excluding carboxylic acids is 2. The number of urea groups is 1. The summed E-state index contributed by atoms with van der Waals surface area (Å²) in [7, 11) is 0. The number of hydrogen-bond donors (Lipinski definition) is 0. The van der Waals surface area contributed by atoms with E-state index in [4.69, 9.17) is 5.26 Å². The third-order valence-electron chi connectivity index (χ3n) is 6.69. The monoisotopic (exact) mass is 512 g/mol. The van der Waals surface area contributed by atoms with Crippen LogP contribution in [0.15, 0.2) is 29.5 Å². The van der Waals surface area contributed by atoms with E-state index in [1.807, 2.05) is 0 Å². The number of anilines is 1. The molecule has 37 heavy (non-hydrogen) atoms. The molecule has 2 saturated heterocycles. The molecule has 13 heteroatoms. The molecule has 1 atom stereocenters. The van der Waals surface area contributed by atoms with Gasteiger partial charge in [-0.05, 0) is 17.7 Å². The number of likely N-dealkylation sites (tertiary alicyclic amines) is 1. The van der Waals surface area contributed by atoms with Crippen molar-refractivity contribution in [1.82, 2.24) is 24.8 Å². The molecule has 0 N–H and O–H groups in total. The van der Waals surface area contributed by atoms with Gasteiger partial charge in [0.2, 0.25) is 5.95 Å². The van der Waals surface area contributed by atoms with Gasteiger partial charge in [0.1, 0.15) is 11.6 Å². The van der Waals surface area contributed by atoms with Gasteiger partial charge >= 0.3 is 6.03 Å². The Hall–Kier alpha value is -4.21. The van der Waals surface area contributed by atoms with Crippen LogP contribution >= 0.6 is 0 Å². The molecule has 3 aliphatic rings. The molecule has 3 aliphatic heterocycles. The van der Waals surface area contributed by atoms with E-state index in [-0.39, 0.29) is 30.6 Å². The first-order valence-electron chi connectivity index (χ1n) is 11.8. The SMILES string of the molecule is N#CCC1CN(C(=O)c2nc(N3CCN(C(=O)N4N=CC[C@H]4c4cc(F)cc(F)c4)CC3)ncc2F)C1. The topological polar surface area (TPSA) is 109 Å². The van der Waals surface area contributed by atoms with E-state index in [1.165, 1.54) is 28.3 Å². The molecule has 0 bridgehead atoms. The molecule has 3 amide bonds. The molecular formula is C24H23F3N8O2. The highest BCUT2D eigenvalue weighted by molar-refractivity contribution is 5.93. The number of benzene rings is 1. The summed E-state index contributed by atoms with van der Waals surface area (Å²) in [5.74, 6) is -2.55. The number of piperazine rings is 1. The quantitative estimate of drug-likeness (QED) is 0.623. The third kappa shape index (κ3) is 4.91. The molecule has 0 aliphatic carbocycles. The fraction of sp³-hybridized carbons (Fsp3) is 0.417. The van der Waals surface area contributed by atoms with Crippen LogP contribution in [-0.2, 0) is 0 Å². The van der Waals surface area contributed by atoms with E-state index in [2.05, 4.69) is 21.1 Å². The largest absolute Gasteiger partial charge is 0.341 e. The predicted octanol–water partition coefficient (Wildman–Crippen LogP) is 2.55. The number of nitriles is 1. The first-order valence-corrected chi connectivity index (χ1v) is 11.8. The molecule has 5 rings (SSSR count). The van der Waals surface area contributed by atoms with Crippen molar-refractivity contribution in [2.75, 3.05) is 44.2 Å². The van der Waals surface area contributed by atoms with Crippen molar-refractivity contribution < 1.29 is 22.8 Å². The van der Waals surface area contributed by atoms with Gasteiger partial charge in [-0.25, -0.2) is 32.9 Å². The van der Waals surface area contributed by atoms with E-state index in [9.17, 15) is 22.8 Å². The number of hydrazone groups is 1. The maximum Gasteiger partial charge on any atom is 0.341 e. The minimum Gasteiger partial charge on any atom is -0.337 e. The zero-order valence-corrected chi connectivity index (χ0v) is 19.7. The first kappa shape index (κ1) is 24.5. The second-order valence-corrected chi connectivity index (χ2v) is 9.16. The first-order chi connectivity index (χ1) is 17.8. The van der Waals surface area contributed by atoms with Gasteiger partial charge in [-0.1, -0.05) is 0 Å². The molecule has 1 aromatic carbocycles. The molecule has 0 radical (unpaired) electrons. The Morgan fingerprint density at radius 3 is 2.41 bits per heavy atom. The lowest BCUT2D eigenvalue weighted by Crippen LogP contribution is -2.52. The van der Waals surface area contributed by atoms with Gasteiger partial charge in [-0.15, -0.1) is 0 Å². The Morgan fingerprint density at radius 1 is 1.03 bits per heavy atom. The Kier molecular flexibility index (Phi) is 6.64. The van der Waals surface area contributed by atoms with E-state index >= 15 is 0 Å². The average Bonchev–Trinajstić information content (AvgIpc) is 3.35. The number of aromatic nitrogens is 2. The van der Waals surface area contributed by atoms with Crippen LogP contribution in [0.2, 0.25) is 0 Å². The Labute approximate surface area is 210 Å². The van der Waals surface area contributed by atoms with Crippen LogP contribution in [0.4, 0.5) is 23.9 Å². The summed E-state index contributed by atoms with van der Waals surface area (Å²) in [6.45, 7) is 1.98. The van der Waals surface area contributed by atoms with Gasteiger partial charge in [-0.2, -0.15) is 10.4 Å². The van der Waals surface area contributed by atoms with Gasteiger partial charge in [0.15, 0.2) is 11.5 Å². The molecule has 2 fully saturated rings. The normalized spacial score (nSPS) is 19.7. The van der Waals surface area contributed by atoms with Crippen molar-refractivity contribution in [1.29, 1.82) is 5.26 Å². The Bertz CT molecular complexity index is 1260. The van der Waals surface area contributed by atoms with Crippen molar-refractivity contribution in [3.63, 3.8) is 0 Å². The number of carbonyl (C=O) groups is 2. The fourth-order valence-corrected chi connectivity index (χ4v) is 4.69. The van der Waals surface area contributed by atoms with E-state index in [1.54, 1.807) is 9.80 Å². The fourth-order valence-electron chi connectivity index (χ4n) is 4.69. The average molecular weight is 512 g/mol. The second kappa shape index (κ2) is 10.0. The zero-order valence-electron chi connectivity index (χ0n) is 19.7. The van der Waals surface area contributed by atoms with E-state index in [0.717, 1.165) is 12.3 Å². The molecule has 10 nitrogen and oxygen atoms in total. The summed E-state index contributed by atoms with van der Waals surface area (Å²) in [5, 5.41) is 14.1. The molecular weight excluding hydrogens is 489 g/mol. The predicted molar refractivity (Wildman–Crippen MR) is 125 cm³/mol. The van der Waals surface area contributed by atoms with Crippen LogP contribution < -0.4 is 4.90 Å². The summed E-state index contributed by atoms with van der Waals surface area (Å²) in [6, 6.07) is 4.21. The van der Waals surface area contributed by atoms with Gasteiger partial charge in [0.25, 0.3) is 5.91 Å². The van der Waals surface area contributed by atoms with Crippen LogP contribution in [0.25, 0.3) is 0 Å². The maximum absolute atomic E-state index is 14.4. The standard InChI is InChI=1S/C24H23F3N8O2/c25-17-9-16(10-18(26)11-17)20-2-4-30-35(20)24(37)33-7-5-32(6-8-33)23-29-12-19(27)21(31-23)22(36)34-13-15(14-34)1-3-28/h4,9-12,15,20H,1-2,5-8,13-14H2/t20-/m0/s1. The van der Waals surface area contributed by atoms with Crippen molar-refractivity contribution in [3.8, 4) is 6.07 Å². The van der Waals surface area contributed by atoms with Crippen molar-refractivity contribution >= 4 is 24.1 Å². The number of amides is 3. The Balaban J connectivity index is 1.22. The van der Waals surface area contributed by atoms with Gasteiger partial charge < -0.3 is 14.7 Å². The van der Waals surface area contributed by atoms with E-state index in [0.29, 0.717) is 44.6 Å². The lowest BCUT2D eigenvalue weighted by atomic mass is 9.97. The number of nitrogens with zero attached hydrogens (tertiary/aromatic N) is 8. The van der Waals surface area contributed by atoms with Crippen LogP contribution in [0.1, 0.15) is 34.9 Å². The lowest BCUT2D eigenvalue weighted by molar-refractivity contribution is 0.0496. The van der Waals surface area contributed by atoms with Crippen LogP contribution in [-0.4, -0.2) is 82.2 Å². The minimum atomic E-state index is -0.821. The van der Waals surface area contributed by atoms with Gasteiger partial charge in [-0.3, -0.25) is 4.79 Å². The summed E-state index contributed by atoms with van der Waals surface area (Å²) in [5.41, 5.74) is -0.00414. The number of hydrogen-bond acceptors (Lipinski definition) is 7. The highest BCUT2D eigenvalue weighted by Crippen LogP contribution is 2.30. The smallest absolute Gasteiger partial charge is 0.337 e. The van der Waals surface area contributed by atoms with Crippen molar-refractivity contribution in [2.45, 2.75) is 18.9 Å². The summed E-state index contributed by atoms with van der Waals surface area (Å²) >= 11 is 0. The highest BCUT2D eigenvalue weighted by Gasteiger charge is 2.35. The van der Waals surface area contributed by atoms with Crippen LogP contribution in [0.3, 0.4) is 0 Å².